The molecule has 8 heteroatoms. The largest absolute Gasteiger partial charge is 0.483 e. The van der Waals surface area contributed by atoms with Crippen molar-refractivity contribution in [1.82, 2.24) is 20.8 Å². The first kappa shape index (κ1) is 20.2. The van der Waals surface area contributed by atoms with Gasteiger partial charge in [0.25, 0.3) is 11.8 Å². The van der Waals surface area contributed by atoms with Gasteiger partial charge >= 0.3 is 0 Å². The van der Waals surface area contributed by atoms with E-state index in [-0.39, 0.29) is 23.2 Å². The summed E-state index contributed by atoms with van der Waals surface area (Å²) in [6.07, 6.45) is 0.765. The number of ether oxygens (including phenoxy) is 1. The normalized spacial score (nSPS) is 10.6. The molecule has 0 aliphatic carbocycles. The monoisotopic (exact) mass is 396 g/mol. The molecular formula is C21H21FN4O3. The Hall–Kier alpha value is -3.55. The highest BCUT2D eigenvalue weighted by Crippen LogP contribution is 2.19. The van der Waals surface area contributed by atoms with E-state index in [4.69, 9.17) is 4.74 Å². The lowest BCUT2D eigenvalue weighted by atomic mass is 10.1. The smallest absolute Gasteiger partial charge is 0.276 e. The molecule has 3 rings (SSSR count). The molecule has 0 aliphatic heterocycles. The molecular weight excluding hydrogens is 375 g/mol. The maximum atomic E-state index is 13.9. The zero-order valence-corrected chi connectivity index (χ0v) is 16.4. The average Bonchev–Trinajstić information content (AvgIpc) is 2.71. The summed E-state index contributed by atoms with van der Waals surface area (Å²) in [5.41, 5.74) is 7.28. The average molecular weight is 396 g/mol. The van der Waals surface area contributed by atoms with Crippen molar-refractivity contribution >= 4 is 22.8 Å². The molecule has 29 heavy (non-hydrogen) atoms. The number of hydrogen-bond acceptors (Lipinski definition) is 5. The van der Waals surface area contributed by atoms with Crippen molar-refractivity contribution in [2.45, 2.75) is 27.2 Å². The van der Waals surface area contributed by atoms with Crippen LogP contribution in [-0.4, -0.2) is 28.4 Å². The molecule has 2 amide bonds. The summed E-state index contributed by atoms with van der Waals surface area (Å²) in [6, 6.07) is 9.65. The van der Waals surface area contributed by atoms with E-state index in [0.717, 1.165) is 18.1 Å². The summed E-state index contributed by atoms with van der Waals surface area (Å²) in [5.74, 6) is -1.27. The van der Waals surface area contributed by atoms with Crippen molar-refractivity contribution in [3.63, 3.8) is 0 Å². The Morgan fingerprint density at radius 3 is 2.55 bits per heavy atom. The molecule has 0 aliphatic rings. The molecule has 1 heterocycles. The summed E-state index contributed by atoms with van der Waals surface area (Å²) < 4.78 is 19.4. The quantitative estimate of drug-likeness (QED) is 0.647. The Bertz CT molecular complexity index is 1080. The summed E-state index contributed by atoms with van der Waals surface area (Å²) >= 11 is 0. The van der Waals surface area contributed by atoms with Crippen LogP contribution in [-0.2, 0) is 11.2 Å². The van der Waals surface area contributed by atoms with Crippen molar-refractivity contribution in [1.29, 1.82) is 0 Å². The van der Waals surface area contributed by atoms with E-state index in [0.29, 0.717) is 17.1 Å². The maximum Gasteiger partial charge on any atom is 0.276 e. The molecule has 0 unspecified atom stereocenters. The number of hydrazine groups is 1. The van der Waals surface area contributed by atoms with Crippen LogP contribution in [0.25, 0.3) is 11.0 Å². The van der Waals surface area contributed by atoms with Gasteiger partial charge in [-0.3, -0.25) is 20.4 Å². The Morgan fingerprint density at radius 1 is 1.07 bits per heavy atom. The number of nitrogens with one attached hydrogen (secondary N) is 2. The van der Waals surface area contributed by atoms with Crippen LogP contribution >= 0.6 is 0 Å². The fourth-order valence-electron chi connectivity index (χ4n) is 2.78. The second-order valence-electron chi connectivity index (χ2n) is 6.47. The van der Waals surface area contributed by atoms with Gasteiger partial charge in [0.15, 0.2) is 6.61 Å². The van der Waals surface area contributed by atoms with Gasteiger partial charge < -0.3 is 4.74 Å². The molecule has 0 fully saturated rings. The molecule has 3 aromatic rings. The van der Waals surface area contributed by atoms with Crippen molar-refractivity contribution in [2.24, 2.45) is 0 Å². The molecule has 0 atom stereocenters. The number of nitrogens with zero attached hydrogens (tertiary/aromatic N) is 2. The van der Waals surface area contributed by atoms with E-state index >= 15 is 0 Å². The second kappa shape index (κ2) is 8.64. The fraction of sp³-hybridized carbons (Fsp3) is 0.238. The highest BCUT2D eigenvalue weighted by Gasteiger charge is 2.16. The number of aryl methyl sites for hydroxylation is 3. The van der Waals surface area contributed by atoms with Crippen LogP contribution in [0, 0.1) is 19.7 Å². The number of rotatable bonds is 5. The molecule has 7 nitrogen and oxygen atoms in total. The fourth-order valence-corrected chi connectivity index (χ4v) is 2.78. The number of aromatic nitrogens is 2. The minimum Gasteiger partial charge on any atom is -0.483 e. The second-order valence-corrected chi connectivity index (χ2v) is 6.47. The third-order valence-corrected chi connectivity index (χ3v) is 4.42. The highest BCUT2D eigenvalue weighted by molar-refractivity contribution is 6.05. The first-order chi connectivity index (χ1) is 13.9. The van der Waals surface area contributed by atoms with E-state index < -0.39 is 17.6 Å². The third-order valence-electron chi connectivity index (χ3n) is 4.42. The number of fused-ring (bicyclic) bond motifs is 1. The Balaban J connectivity index is 1.67. The predicted octanol–water partition coefficient (Wildman–Crippen LogP) is 2.79. The number of carbonyl (C=O) groups is 2. The highest BCUT2D eigenvalue weighted by atomic mass is 19.1. The molecule has 2 N–H and O–H groups in total. The summed E-state index contributed by atoms with van der Waals surface area (Å²) in [6.45, 7) is 5.21. The Kier molecular flexibility index (Phi) is 6.01. The zero-order chi connectivity index (χ0) is 21.0. The maximum absolute atomic E-state index is 13.9. The zero-order valence-electron chi connectivity index (χ0n) is 16.4. The minimum absolute atomic E-state index is 0.0202. The van der Waals surface area contributed by atoms with Crippen LogP contribution in [0.2, 0.25) is 0 Å². The van der Waals surface area contributed by atoms with Crippen molar-refractivity contribution in [2.75, 3.05) is 6.61 Å². The lowest BCUT2D eigenvalue weighted by Crippen LogP contribution is -2.44. The van der Waals surface area contributed by atoms with Gasteiger partial charge in [0.2, 0.25) is 0 Å². The van der Waals surface area contributed by atoms with Crippen molar-refractivity contribution in [3.05, 3.63) is 64.7 Å². The number of halogens is 1. The Morgan fingerprint density at radius 2 is 1.79 bits per heavy atom. The van der Waals surface area contributed by atoms with Gasteiger partial charge in [0.05, 0.1) is 22.5 Å². The number of para-hydroxylation sites is 1. The molecule has 0 radical (unpaired) electrons. The van der Waals surface area contributed by atoms with E-state index in [1.165, 1.54) is 6.07 Å². The molecule has 1 aromatic heterocycles. The van der Waals surface area contributed by atoms with E-state index in [1.54, 1.807) is 19.9 Å². The standard InChI is InChI=1S/C21H21FN4O3/c1-4-14-7-5-6-8-18(14)29-11-19(27)25-26-21(28)16-9-15(22)10-17-20(16)24-13(3)12(2)23-17/h5-10H,4,11H2,1-3H3,(H,25,27)(H,26,28). The summed E-state index contributed by atoms with van der Waals surface area (Å²) in [5, 5.41) is 0. The predicted molar refractivity (Wildman–Crippen MR) is 106 cm³/mol. The van der Waals surface area contributed by atoms with Gasteiger partial charge in [-0.05, 0) is 38.0 Å². The van der Waals surface area contributed by atoms with E-state index in [9.17, 15) is 14.0 Å². The molecule has 2 aromatic carbocycles. The van der Waals surface area contributed by atoms with E-state index in [2.05, 4.69) is 20.8 Å². The molecule has 0 saturated carbocycles. The molecule has 0 saturated heterocycles. The third kappa shape index (κ3) is 4.66. The van der Waals surface area contributed by atoms with Gasteiger partial charge in [-0.1, -0.05) is 25.1 Å². The molecule has 0 spiro atoms. The Labute approximate surface area is 167 Å². The van der Waals surface area contributed by atoms with Crippen LogP contribution in [0.15, 0.2) is 36.4 Å². The van der Waals surface area contributed by atoms with E-state index in [1.807, 2.05) is 25.1 Å². The van der Waals surface area contributed by atoms with Gasteiger partial charge in [0.1, 0.15) is 17.1 Å². The summed E-state index contributed by atoms with van der Waals surface area (Å²) in [7, 11) is 0. The number of amides is 2. The van der Waals surface area contributed by atoms with Gasteiger partial charge in [0, 0.05) is 6.07 Å². The first-order valence-electron chi connectivity index (χ1n) is 9.13. The summed E-state index contributed by atoms with van der Waals surface area (Å²) in [4.78, 5) is 33.1. The van der Waals surface area contributed by atoms with Gasteiger partial charge in [-0.15, -0.1) is 0 Å². The minimum atomic E-state index is -0.700. The van der Waals surface area contributed by atoms with Crippen LogP contribution in [0.4, 0.5) is 4.39 Å². The van der Waals surface area contributed by atoms with Gasteiger partial charge in [-0.25, -0.2) is 14.4 Å². The van der Waals surface area contributed by atoms with Crippen molar-refractivity contribution < 1.29 is 18.7 Å². The molecule has 150 valence electrons. The van der Waals surface area contributed by atoms with Gasteiger partial charge in [-0.2, -0.15) is 0 Å². The lowest BCUT2D eigenvalue weighted by molar-refractivity contribution is -0.123. The first-order valence-corrected chi connectivity index (χ1v) is 9.13. The lowest BCUT2D eigenvalue weighted by Gasteiger charge is -2.12. The SMILES string of the molecule is CCc1ccccc1OCC(=O)NNC(=O)c1cc(F)cc2nc(C)c(C)nc12. The number of carbonyl (C=O) groups excluding carboxylic acids is 2. The number of hydrogen-bond donors (Lipinski definition) is 2. The van der Waals surface area contributed by atoms with Crippen molar-refractivity contribution in [3.8, 4) is 5.75 Å². The van der Waals surface area contributed by atoms with Crippen LogP contribution in [0.1, 0.15) is 34.2 Å². The van der Waals surface area contributed by atoms with Crippen LogP contribution in [0.5, 0.6) is 5.75 Å². The van der Waals surface area contributed by atoms with Crippen LogP contribution < -0.4 is 15.6 Å². The van der Waals surface area contributed by atoms with Crippen LogP contribution in [0.3, 0.4) is 0 Å². The molecule has 0 bridgehead atoms. The number of benzene rings is 2. The topological polar surface area (TPSA) is 93.2 Å².